The summed E-state index contributed by atoms with van der Waals surface area (Å²) in [5.74, 6) is 0. The summed E-state index contributed by atoms with van der Waals surface area (Å²) in [5, 5.41) is 5.05. The quantitative estimate of drug-likeness (QED) is 0.741. The molecule has 9 heteroatoms. The maximum absolute atomic E-state index is 12.9. The SMILES string of the molecule is NS(=O)(=O)c1ccc(-c2ccc(=O)n(-c3cccc(C(F)(F)F)c3)c2)cc1. The molecule has 0 amide bonds. The van der Waals surface area contributed by atoms with E-state index in [0.717, 1.165) is 16.7 Å². The average molecular weight is 394 g/mol. The summed E-state index contributed by atoms with van der Waals surface area (Å²) in [4.78, 5) is 12.1. The van der Waals surface area contributed by atoms with E-state index >= 15 is 0 Å². The van der Waals surface area contributed by atoms with Crippen LogP contribution in [0, 0.1) is 0 Å². The molecule has 0 saturated heterocycles. The number of aromatic nitrogens is 1. The van der Waals surface area contributed by atoms with Crippen LogP contribution in [-0.4, -0.2) is 13.0 Å². The highest BCUT2D eigenvalue weighted by molar-refractivity contribution is 7.89. The largest absolute Gasteiger partial charge is 0.416 e. The summed E-state index contributed by atoms with van der Waals surface area (Å²) in [6.07, 6.45) is -3.13. The first kappa shape index (κ1) is 18.9. The molecular weight excluding hydrogens is 381 g/mol. The molecule has 0 saturated carbocycles. The number of pyridine rings is 1. The zero-order valence-electron chi connectivity index (χ0n) is 13.6. The Balaban J connectivity index is 2.07. The first-order valence-corrected chi connectivity index (χ1v) is 9.14. The van der Waals surface area contributed by atoms with Crippen molar-refractivity contribution in [2.24, 2.45) is 5.14 Å². The van der Waals surface area contributed by atoms with E-state index in [1.807, 2.05) is 0 Å². The van der Waals surface area contributed by atoms with Crippen LogP contribution in [0.1, 0.15) is 5.56 Å². The molecule has 0 bridgehead atoms. The van der Waals surface area contributed by atoms with Crippen molar-refractivity contribution in [1.82, 2.24) is 4.57 Å². The van der Waals surface area contributed by atoms with Crippen LogP contribution in [0.3, 0.4) is 0 Å². The van der Waals surface area contributed by atoms with Crippen molar-refractivity contribution in [3.05, 3.63) is 82.8 Å². The molecule has 0 radical (unpaired) electrons. The normalized spacial score (nSPS) is 12.1. The molecule has 0 aliphatic heterocycles. The molecule has 3 aromatic rings. The Labute approximate surface area is 152 Å². The first-order chi connectivity index (χ1) is 12.6. The topological polar surface area (TPSA) is 82.2 Å². The highest BCUT2D eigenvalue weighted by atomic mass is 32.2. The predicted molar refractivity (Wildman–Crippen MR) is 93.9 cm³/mol. The van der Waals surface area contributed by atoms with Crippen molar-refractivity contribution in [2.75, 3.05) is 0 Å². The Kier molecular flexibility index (Phi) is 4.66. The molecule has 2 N–H and O–H groups in total. The molecular formula is C18H13F3N2O3S. The van der Waals surface area contributed by atoms with E-state index in [9.17, 15) is 26.4 Å². The highest BCUT2D eigenvalue weighted by Crippen LogP contribution is 2.30. The van der Waals surface area contributed by atoms with E-state index in [-0.39, 0.29) is 10.6 Å². The Morgan fingerprint density at radius 3 is 2.11 bits per heavy atom. The zero-order chi connectivity index (χ0) is 19.8. The Morgan fingerprint density at radius 1 is 0.889 bits per heavy atom. The van der Waals surface area contributed by atoms with Crippen LogP contribution in [0.15, 0.2) is 76.6 Å². The second-order valence-corrected chi connectivity index (χ2v) is 7.30. The van der Waals surface area contributed by atoms with Gasteiger partial charge < -0.3 is 0 Å². The summed E-state index contributed by atoms with van der Waals surface area (Å²) >= 11 is 0. The number of nitrogens with zero attached hydrogens (tertiary/aromatic N) is 1. The third kappa shape index (κ3) is 4.09. The zero-order valence-corrected chi connectivity index (χ0v) is 14.5. The van der Waals surface area contributed by atoms with Gasteiger partial charge in [-0.25, -0.2) is 13.6 Å². The predicted octanol–water partition coefficient (Wildman–Crippen LogP) is 3.17. The summed E-state index contributed by atoms with van der Waals surface area (Å²) in [6.45, 7) is 0. The molecule has 140 valence electrons. The van der Waals surface area contributed by atoms with Gasteiger partial charge in [0.2, 0.25) is 10.0 Å². The maximum atomic E-state index is 12.9. The van der Waals surface area contributed by atoms with E-state index in [0.29, 0.717) is 11.1 Å². The van der Waals surface area contributed by atoms with Gasteiger partial charge >= 0.3 is 6.18 Å². The van der Waals surface area contributed by atoms with Crippen LogP contribution < -0.4 is 10.7 Å². The van der Waals surface area contributed by atoms with Gasteiger partial charge in [0, 0.05) is 18.0 Å². The minimum absolute atomic E-state index is 0.0674. The summed E-state index contributed by atoms with van der Waals surface area (Å²) < 4.78 is 62.5. The molecule has 0 spiro atoms. The fourth-order valence-corrected chi connectivity index (χ4v) is 3.04. The number of sulfonamides is 1. The monoisotopic (exact) mass is 394 g/mol. The van der Waals surface area contributed by atoms with Gasteiger partial charge in [0.05, 0.1) is 10.5 Å². The summed E-state index contributed by atoms with van der Waals surface area (Å²) in [6, 6.07) is 12.8. The van der Waals surface area contributed by atoms with Crippen LogP contribution >= 0.6 is 0 Å². The van der Waals surface area contributed by atoms with Crippen molar-refractivity contribution in [2.45, 2.75) is 11.1 Å². The van der Waals surface area contributed by atoms with Gasteiger partial charge in [0.25, 0.3) is 5.56 Å². The third-order valence-corrected chi connectivity index (χ3v) is 4.81. The Bertz CT molecular complexity index is 1150. The molecule has 0 aliphatic carbocycles. The third-order valence-electron chi connectivity index (χ3n) is 3.88. The Hall–Kier alpha value is -2.91. The van der Waals surface area contributed by atoms with E-state index in [2.05, 4.69) is 0 Å². The lowest BCUT2D eigenvalue weighted by Gasteiger charge is -2.12. The van der Waals surface area contributed by atoms with Crippen molar-refractivity contribution < 1.29 is 21.6 Å². The van der Waals surface area contributed by atoms with E-state index in [1.54, 1.807) is 0 Å². The smallest absolute Gasteiger partial charge is 0.284 e. The van der Waals surface area contributed by atoms with Crippen molar-refractivity contribution >= 4 is 10.0 Å². The van der Waals surface area contributed by atoms with E-state index in [1.165, 1.54) is 54.7 Å². The molecule has 2 aromatic carbocycles. The lowest BCUT2D eigenvalue weighted by atomic mass is 10.1. The van der Waals surface area contributed by atoms with Crippen LogP contribution in [0.2, 0.25) is 0 Å². The van der Waals surface area contributed by atoms with Gasteiger partial charge in [-0.05, 0) is 47.5 Å². The van der Waals surface area contributed by atoms with Crippen LogP contribution in [-0.2, 0) is 16.2 Å². The first-order valence-electron chi connectivity index (χ1n) is 7.59. The van der Waals surface area contributed by atoms with Crippen molar-refractivity contribution in [3.8, 4) is 16.8 Å². The molecule has 1 aromatic heterocycles. The van der Waals surface area contributed by atoms with Gasteiger partial charge in [-0.2, -0.15) is 13.2 Å². The number of benzene rings is 2. The number of alkyl halides is 3. The minimum atomic E-state index is -4.53. The molecule has 0 unspecified atom stereocenters. The molecule has 3 rings (SSSR count). The Morgan fingerprint density at radius 2 is 1.52 bits per heavy atom. The van der Waals surface area contributed by atoms with Gasteiger partial charge in [-0.15, -0.1) is 0 Å². The number of nitrogens with two attached hydrogens (primary N) is 1. The number of primary sulfonamides is 1. The van der Waals surface area contributed by atoms with Gasteiger partial charge in [-0.1, -0.05) is 18.2 Å². The molecule has 0 aliphatic rings. The lowest BCUT2D eigenvalue weighted by molar-refractivity contribution is -0.137. The molecule has 0 fully saturated rings. The lowest BCUT2D eigenvalue weighted by Crippen LogP contribution is -2.17. The van der Waals surface area contributed by atoms with Crippen LogP contribution in [0.4, 0.5) is 13.2 Å². The average Bonchev–Trinajstić information content (AvgIpc) is 2.61. The number of halogens is 3. The minimum Gasteiger partial charge on any atom is -0.284 e. The second kappa shape index (κ2) is 6.67. The highest BCUT2D eigenvalue weighted by Gasteiger charge is 2.30. The molecule has 5 nitrogen and oxygen atoms in total. The van der Waals surface area contributed by atoms with Crippen LogP contribution in [0.5, 0.6) is 0 Å². The van der Waals surface area contributed by atoms with Crippen LogP contribution in [0.25, 0.3) is 16.8 Å². The fraction of sp³-hybridized carbons (Fsp3) is 0.0556. The molecule has 1 heterocycles. The molecule has 27 heavy (non-hydrogen) atoms. The summed E-state index contributed by atoms with van der Waals surface area (Å²) in [7, 11) is -3.84. The van der Waals surface area contributed by atoms with Gasteiger partial charge in [0.1, 0.15) is 0 Å². The van der Waals surface area contributed by atoms with E-state index in [4.69, 9.17) is 5.14 Å². The summed E-state index contributed by atoms with van der Waals surface area (Å²) in [5.41, 5.74) is -0.206. The maximum Gasteiger partial charge on any atom is 0.416 e. The van der Waals surface area contributed by atoms with Crippen molar-refractivity contribution in [1.29, 1.82) is 0 Å². The number of rotatable bonds is 3. The van der Waals surface area contributed by atoms with E-state index < -0.39 is 27.3 Å². The fourth-order valence-electron chi connectivity index (χ4n) is 2.53. The molecule has 0 atom stereocenters. The van der Waals surface area contributed by atoms with Crippen molar-refractivity contribution in [3.63, 3.8) is 0 Å². The number of hydrogen-bond acceptors (Lipinski definition) is 3. The van der Waals surface area contributed by atoms with Gasteiger partial charge in [-0.3, -0.25) is 9.36 Å². The van der Waals surface area contributed by atoms with Gasteiger partial charge in [0.15, 0.2) is 0 Å². The number of hydrogen-bond donors (Lipinski definition) is 1. The second-order valence-electron chi connectivity index (χ2n) is 5.74. The standard InChI is InChI=1S/C18H13F3N2O3S/c19-18(20,21)14-2-1-3-15(10-14)23-11-13(6-9-17(23)24)12-4-7-16(8-5-12)27(22,25)26/h1-11H,(H2,22,25,26).